The number of rotatable bonds is 7. The molecule has 0 radical (unpaired) electrons. The Balaban J connectivity index is 0.00000400. The van der Waals surface area contributed by atoms with Crippen LogP contribution in [-0.2, 0) is 0 Å². The maximum absolute atomic E-state index is 5.84. The molecule has 0 aliphatic rings. The molecule has 21 heavy (non-hydrogen) atoms. The van der Waals surface area contributed by atoms with Crippen LogP contribution in [0.4, 0.5) is 0 Å². The summed E-state index contributed by atoms with van der Waals surface area (Å²) < 4.78 is 5.84. The maximum Gasteiger partial charge on any atom is 0.191 e. The molecule has 2 N–H and O–H groups in total. The number of nitrogens with one attached hydrogen (secondary N) is 2. The highest BCUT2D eigenvalue weighted by Gasteiger charge is 2.05. The van der Waals surface area contributed by atoms with Crippen molar-refractivity contribution in [1.82, 2.24) is 10.6 Å². The topological polar surface area (TPSA) is 45.7 Å². The first-order valence-electron chi connectivity index (χ1n) is 6.82. The summed E-state index contributed by atoms with van der Waals surface area (Å²) in [5.41, 5.74) is 1.24. The number of hydrogen-bond donors (Lipinski definition) is 2. The predicted molar refractivity (Wildman–Crippen MR) is 104 cm³/mol. The highest BCUT2D eigenvalue weighted by Crippen LogP contribution is 2.12. The Kier molecular flexibility index (Phi) is 11.6. The van der Waals surface area contributed by atoms with Gasteiger partial charge in [-0.05, 0) is 32.2 Å². The van der Waals surface area contributed by atoms with Crippen LogP contribution in [0, 0.1) is 6.92 Å². The molecule has 1 aromatic carbocycles. The summed E-state index contributed by atoms with van der Waals surface area (Å²) in [5, 5.41) is 6.52. The fourth-order valence-corrected chi connectivity index (χ4v) is 1.93. The Morgan fingerprint density at radius 1 is 1.29 bits per heavy atom. The molecule has 0 aliphatic carbocycles. The average Bonchev–Trinajstić information content (AvgIpc) is 2.45. The van der Waals surface area contributed by atoms with Crippen LogP contribution in [-0.4, -0.2) is 44.2 Å². The molecule has 0 bridgehead atoms. The van der Waals surface area contributed by atoms with Gasteiger partial charge < -0.3 is 15.4 Å². The van der Waals surface area contributed by atoms with Crippen molar-refractivity contribution in [3.05, 3.63) is 29.8 Å². The van der Waals surface area contributed by atoms with Gasteiger partial charge in [-0.2, -0.15) is 11.8 Å². The van der Waals surface area contributed by atoms with Gasteiger partial charge in [-0.3, -0.25) is 4.99 Å². The van der Waals surface area contributed by atoms with Crippen molar-refractivity contribution >= 4 is 41.7 Å². The molecule has 0 saturated heterocycles. The van der Waals surface area contributed by atoms with Gasteiger partial charge in [0.25, 0.3) is 0 Å². The Hall–Kier alpha value is -0.630. The Labute approximate surface area is 149 Å². The largest absolute Gasteiger partial charge is 0.489 e. The number of aryl methyl sites for hydroxylation is 1. The first kappa shape index (κ1) is 20.4. The number of aliphatic imine (C=N–C) groups is 1. The number of guanidine groups is 1. The molecule has 6 heteroatoms. The Bertz CT molecular complexity index is 412. The normalized spacial score (nSPS) is 12.3. The third-order valence-electron chi connectivity index (χ3n) is 2.74. The van der Waals surface area contributed by atoms with E-state index >= 15 is 0 Å². The third-order valence-corrected chi connectivity index (χ3v) is 3.35. The number of thioether (sulfide) groups is 1. The summed E-state index contributed by atoms with van der Waals surface area (Å²) >= 11 is 1.81. The van der Waals surface area contributed by atoms with Gasteiger partial charge in [-0.25, -0.2) is 0 Å². The lowest BCUT2D eigenvalue weighted by atomic mass is 10.2. The smallest absolute Gasteiger partial charge is 0.191 e. The lowest BCUT2D eigenvalue weighted by molar-refractivity contribution is 0.224. The molecular formula is C15H26IN3OS. The number of halogens is 1. The molecule has 1 atom stereocenters. The summed E-state index contributed by atoms with van der Waals surface area (Å²) in [6.45, 7) is 5.74. The van der Waals surface area contributed by atoms with Crippen molar-refractivity contribution in [3.63, 3.8) is 0 Å². The van der Waals surface area contributed by atoms with Gasteiger partial charge in [-0.1, -0.05) is 17.7 Å². The monoisotopic (exact) mass is 423 g/mol. The van der Waals surface area contributed by atoms with Crippen molar-refractivity contribution in [2.45, 2.75) is 20.0 Å². The van der Waals surface area contributed by atoms with Crippen LogP contribution in [0.1, 0.15) is 12.5 Å². The molecule has 120 valence electrons. The van der Waals surface area contributed by atoms with E-state index in [1.165, 1.54) is 5.56 Å². The molecule has 0 aromatic heterocycles. The van der Waals surface area contributed by atoms with Crippen molar-refractivity contribution in [3.8, 4) is 5.75 Å². The average molecular weight is 423 g/mol. The van der Waals surface area contributed by atoms with Gasteiger partial charge in [0.05, 0.1) is 6.54 Å². The number of nitrogens with zero attached hydrogens (tertiary/aromatic N) is 1. The zero-order valence-corrected chi connectivity index (χ0v) is 16.3. The first-order valence-corrected chi connectivity index (χ1v) is 8.22. The third kappa shape index (κ3) is 9.08. The molecule has 0 amide bonds. The zero-order valence-electron chi connectivity index (χ0n) is 13.2. The second-order valence-corrected chi connectivity index (χ2v) is 5.60. The van der Waals surface area contributed by atoms with Crippen LogP contribution >= 0.6 is 35.7 Å². The minimum Gasteiger partial charge on any atom is -0.489 e. The molecule has 1 aromatic rings. The van der Waals surface area contributed by atoms with E-state index < -0.39 is 0 Å². The van der Waals surface area contributed by atoms with E-state index in [1.54, 1.807) is 7.05 Å². The SMILES string of the molecule is CN=C(NCCSC)NCC(C)Oc1ccc(C)cc1.I. The van der Waals surface area contributed by atoms with Gasteiger partial charge in [0, 0.05) is 19.3 Å². The fraction of sp³-hybridized carbons (Fsp3) is 0.533. The lowest BCUT2D eigenvalue weighted by Crippen LogP contribution is -2.42. The minimum absolute atomic E-state index is 0. The van der Waals surface area contributed by atoms with E-state index in [0.29, 0.717) is 6.54 Å². The molecule has 1 rings (SSSR count). The van der Waals surface area contributed by atoms with Crippen molar-refractivity contribution in [2.75, 3.05) is 32.1 Å². The Morgan fingerprint density at radius 3 is 2.52 bits per heavy atom. The van der Waals surface area contributed by atoms with Gasteiger partial charge in [0.1, 0.15) is 11.9 Å². The zero-order chi connectivity index (χ0) is 14.8. The predicted octanol–water partition coefficient (Wildman–Crippen LogP) is 2.91. The highest BCUT2D eigenvalue weighted by molar-refractivity contribution is 14.0. The second-order valence-electron chi connectivity index (χ2n) is 4.61. The van der Waals surface area contributed by atoms with Crippen LogP contribution in [0.25, 0.3) is 0 Å². The standard InChI is InChI=1S/C15H25N3OS.HI/c1-12-5-7-14(8-6-12)19-13(2)11-18-15(16-3)17-9-10-20-4;/h5-8,13H,9-11H2,1-4H3,(H2,16,17,18);1H. The Morgan fingerprint density at radius 2 is 1.95 bits per heavy atom. The van der Waals surface area contributed by atoms with Gasteiger partial charge in [-0.15, -0.1) is 24.0 Å². The van der Waals surface area contributed by atoms with E-state index in [4.69, 9.17) is 4.74 Å². The summed E-state index contributed by atoms with van der Waals surface area (Å²) in [6.07, 6.45) is 2.17. The highest BCUT2D eigenvalue weighted by atomic mass is 127. The van der Waals surface area contributed by atoms with Crippen LogP contribution in [0.15, 0.2) is 29.3 Å². The fourth-order valence-electron chi connectivity index (χ4n) is 1.62. The van der Waals surface area contributed by atoms with E-state index in [-0.39, 0.29) is 30.1 Å². The van der Waals surface area contributed by atoms with Crippen LogP contribution < -0.4 is 15.4 Å². The molecule has 1 unspecified atom stereocenters. The van der Waals surface area contributed by atoms with Gasteiger partial charge in [0.15, 0.2) is 5.96 Å². The van der Waals surface area contributed by atoms with Gasteiger partial charge >= 0.3 is 0 Å². The van der Waals surface area contributed by atoms with E-state index in [9.17, 15) is 0 Å². The number of benzene rings is 1. The molecular weight excluding hydrogens is 397 g/mol. The maximum atomic E-state index is 5.84. The van der Waals surface area contributed by atoms with E-state index in [0.717, 1.165) is 24.0 Å². The summed E-state index contributed by atoms with van der Waals surface area (Å²) in [5.74, 6) is 2.78. The van der Waals surface area contributed by atoms with Crippen molar-refractivity contribution in [2.24, 2.45) is 4.99 Å². The molecule has 0 fully saturated rings. The molecule has 0 heterocycles. The molecule has 0 aliphatic heterocycles. The van der Waals surface area contributed by atoms with E-state index in [2.05, 4.69) is 40.9 Å². The summed E-state index contributed by atoms with van der Waals surface area (Å²) in [4.78, 5) is 4.18. The van der Waals surface area contributed by atoms with Crippen LogP contribution in [0.2, 0.25) is 0 Å². The lowest BCUT2D eigenvalue weighted by Gasteiger charge is -2.17. The minimum atomic E-state index is 0. The van der Waals surface area contributed by atoms with E-state index in [1.807, 2.05) is 30.8 Å². The van der Waals surface area contributed by atoms with Crippen molar-refractivity contribution in [1.29, 1.82) is 0 Å². The summed E-state index contributed by atoms with van der Waals surface area (Å²) in [7, 11) is 1.78. The van der Waals surface area contributed by atoms with Crippen LogP contribution in [0.5, 0.6) is 5.75 Å². The molecule has 0 spiro atoms. The molecule has 4 nitrogen and oxygen atoms in total. The number of hydrogen-bond acceptors (Lipinski definition) is 3. The number of ether oxygens (including phenoxy) is 1. The first-order chi connectivity index (χ1) is 9.65. The summed E-state index contributed by atoms with van der Waals surface area (Å²) in [6, 6.07) is 8.10. The van der Waals surface area contributed by atoms with Crippen molar-refractivity contribution < 1.29 is 4.74 Å². The van der Waals surface area contributed by atoms with Crippen LogP contribution in [0.3, 0.4) is 0 Å². The quantitative estimate of drug-likeness (QED) is 0.307. The molecule has 0 saturated carbocycles. The second kappa shape index (κ2) is 12.0. The van der Waals surface area contributed by atoms with Gasteiger partial charge in [0.2, 0.25) is 0 Å².